The molecule has 14 heteroatoms. The molecule has 1 fully saturated rings. The summed E-state index contributed by atoms with van der Waals surface area (Å²) >= 11 is 0. The van der Waals surface area contributed by atoms with E-state index in [1.165, 1.54) is 6.33 Å². The van der Waals surface area contributed by atoms with Crippen LogP contribution in [0.3, 0.4) is 0 Å². The number of benzene rings is 1. The maximum absolute atomic E-state index is 13.9. The smallest absolute Gasteiger partial charge is 0.408 e. The van der Waals surface area contributed by atoms with E-state index in [4.69, 9.17) is 4.74 Å². The quantitative estimate of drug-likeness (QED) is 0.156. The number of rotatable bonds is 16. The summed E-state index contributed by atoms with van der Waals surface area (Å²) in [5.41, 5.74) is 0.508. The Labute approximate surface area is 278 Å². The molecule has 3 rings (SSSR count). The van der Waals surface area contributed by atoms with Gasteiger partial charge in [0.25, 0.3) is 0 Å². The minimum atomic E-state index is -3.65. The number of hydrogen-bond acceptors (Lipinski definition) is 8. The molecule has 1 aliphatic rings. The van der Waals surface area contributed by atoms with Crippen LogP contribution in [0.2, 0.25) is 0 Å². The fourth-order valence-electron chi connectivity index (χ4n) is 5.49. The molecule has 1 aromatic carbocycles. The Hall–Kier alpha value is -3.49. The van der Waals surface area contributed by atoms with Crippen molar-refractivity contribution in [1.29, 1.82) is 0 Å². The largest absolute Gasteiger partial charge is 0.444 e. The summed E-state index contributed by atoms with van der Waals surface area (Å²) < 4.78 is 32.7. The van der Waals surface area contributed by atoms with Crippen LogP contribution < -0.4 is 20.7 Å². The zero-order valence-electron chi connectivity index (χ0n) is 28.1. The van der Waals surface area contributed by atoms with Gasteiger partial charge in [-0.3, -0.25) is 9.59 Å². The molecule has 1 heterocycles. The van der Waals surface area contributed by atoms with Gasteiger partial charge < -0.3 is 30.8 Å². The fourth-order valence-corrected chi connectivity index (χ4v) is 6.23. The number of aromatic amines is 1. The normalized spacial score (nSPS) is 16.9. The Kier molecular flexibility index (Phi) is 14.2. The van der Waals surface area contributed by atoms with Crippen molar-refractivity contribution in [3.05, 3.63) is 54.1 Å². The molecule has 0 saturated heterocycles. The highest BCUT2D eigenvalue weighted by Gasteiger charge is 2.33. The lowest BCUT2D eigenvalue weighted by molar-refractivity contribution is -0.131. The maximum Gasteiger partial charge on any atom is 0.408 e. The van der Waals surface area contributed by atoms with Crippen LogP contribution in [0, 0.1) is 5.92 Å². The number of sulfonamides is 1. The van der Waals surface area contributed by atoms with E-state index < -0.39 is 63.0 Å². The van der Waals surface area contributed by atoms with Gasteiger partial charge in [0.2, 0.25) is 21.8 Å². The minimum absolute atomic E-state index is 0.0256. The molecule has 262 valence electrons. The maximum atomic E-state index is 13.9. The van der Waals surface area contributed by atoms with E-state index in [9.17, 15) is 27.9 Å². The molecule has 1 aromatic heterocycles. The number of imidazole rings is 1. The molecule has 6 N–H and O–H groups in total. The van der Waals surface area contributed by atoms with E-state index >= 15 is 0 Å². The second-order valence-corrected chi connectivity index (χ2v) is 15.9. The Morgan fingerprint density at radius 1 is 0.979 bits per heavy atom. The molecule has 3 amide bonds. The predicted molar refractivity (Wildman–Crippen MR) is 179 cm³/mol. The molecule has 0 spiro atoms. The number of aromatic nitrogens is 2. The molecular formula is C33H52N6O7S. The second-order valence-electron chi connectivity index (χ2n) is 13.6. The molecule has 13 nitrogen and oxygen atoms in total. The number of carbonyl (C=O) groups excluding carboxylic acids is 3. The number of aliphatic hydroxyl groups excluding tert-OH is 1. The van der Waals surface area contributed by atoms with Crippen LogP contribution in [0.1, 0.15) is 84.4 Å². The molecular weight excluding hydrogens is 624 g/mol. The minimum Gasteiger partial charge on any atom is -0.444 e. The topological polar surface area (TPSA) is 192 Å². The summed E-state index contributed by atoms with van der Waals surface area (Å²) in [5.74, 6) is -0.925. The van der Waals surface area contributed by atoms with Crippen LogP contribution >= 0.6 is 0 Å². The number of carbonyl (C=O) groups is 3. The van der Waals surface area contributed by atoms with Crippen LogP contribution in [0.15, 0.2) is 42.9 Å². The Morgan fingerprint density at radius 2 is 1.62 bits per heavy atom. The molecule has 0 radical (unpaired) electrons. The van der Waals surface area contributed by atoms with Gasteiger partial charge in [-0.15, -0.1) is 0 Å². The highest BCUT2D eigenvalue weighted by atomic mass is 32.2. The van der Waals surface area contributed by atoms with Gasteiger partial charge in [-0.05, 0) is 52.5 Å². The van der Waals surface area contributed by atoms with Gasteiger partial charge in [-0.25, -0.2) is 22.9 Å². The van der Waals surface area contributed by atoms with Gasteiger partial charge in [0.1, 0.15) is 17.7 Å². The van der Waals surface area contributed by atoms with E-state index in [0.29, 0.717) is 12.1 Å². The number of aliphatic hydroxyl groups is 1. The van der Waals surface area contributed by atoms with E-state index in [0.717, 1.165) is 37.7 Å². The molecule has 4 atom stereocenters. The van der Waals surface area contributed by atoms with Crippen LogP contribution in [-0.4, -0.2) is 83.0 Å². The lowest BCUT2D eigenvalue weighted by Crippen LogP contribution is -2.58. The number of alkyl carbamates (subject to hydrolysis) is 1. The number of ether oxygens (including phenoxy) is 1. The Balaban J connectivity index is 1.83. The van der Waals surface area contributed by atoms with Crippen molar-refractivity contribution in [2.24, 2.45) is 5.92 Å². The third-order valence-electron chi connectivity index (χ3n) is 8.11. The molecule has 0 unspecified atom stereocenters. The van der Waals surface area contributed by atoms with Gasteiger partial charge in [0, 0.05) is 25.6 Å². The van der Waals surface area contributed by atoms with Gasteiger partial charge in [-0.1, -0.05) is 62.4 Å². The molecule has 1 saturated carbocycles. The zero-order chi connectivity index (χ0) is 34.6. The number of nitrogens with zero attached hydrogens (tertiary/aromatic N) is 1. The van der Waals surface area contributed by atoms with Crippen LogP contribution in [-0.2, 0) is 37.2 Å². The van der Waals surface area contributed by atoms with E-state index in [-0.39, 0.29) is 25.3 Å². The van der Waals surface area contributed by atoms with E-state index in [1.54, 1.807) is 40.8 Å². The van der Waals surface area contributed by atoms with Crippen molar-refractivity contribution in [3.63, 3.8) is 0 Å². The van der Waals surface area contributed by atoms with Gasteiger partial charge in [-0.2, -0.15) is 0 Å². The van der Waals surface area contributed by atoms with Crippen molar-refractivity contribution in [1.82, 2.24) is 30.6 Å². The molecule has 2 aromatic rings. The van der Waals surface area contributed by atoms with Gasteiger partial charge in [0.15, 0.2) is 0 Å². The summed E-state index contributed by atoms with van der Waals surface area (Å²) in [7, 11) is -3.65. The third kappa shape index (κ3) is 13.3. The lowest BCUT2D eigenvalue weighted by Gasteiger charge is -2.32. The van der Waals surface area contributed by atoms with Crippen LogP contribution in [0.25, 0.3) is 0 Å². The van der Waals surface area contributed by atoms with Crippen molar-refractivity contribution in [3.8, 4) is 0 Å². The first-order valence-corrected chi connectivity index (χ1v) is 18.0. The summed E-state index contributed by atoms with van der Waals surface area (Å²) in [5, 5.41) is 18.9. The SMILES string of the molecule is CC(C)S(=O)(=O)NC[C@H](O)[C@H](CC1CCCCC1)NC(=O)[C@H](Cc1c[nH]cn1)NC(=O)[C@H](Cc1ccccc1)NC(=O)OC(C)(C)C. The zero-order valence-corrected chi connectivity index (χ0v) is 28.9. The summed E-state index contributed by atoms with van der Waals surface area (Å²) in [6.45, 7) is 7.97. The van der Waals surface area contributed by atoms with E-state index in [1.807, 2.05) is 30.3 Å². The van der Waals surface area contributed by atoms with Gasteiger partial charge >= 0.3 is 6.09 Å². The molecule has 0 aliphatic heterocycles. The fraction of sp³-hybridized carbons (Fsp3) is 0.636. The first-order valence-electron chi connectivity index (χ1n) is 16.4. The van der Waals surface area contributed by atoms with Crippen molar-refractivity contribution in [2.45, 2.75) is 121 Å². The summed E-state index contributed by atoms with van der Waals surface area (Å²) in [6.07, 6.45) is 6.83. The van der Waals surface area contributed by atoms with Gasteiger partial charge in [0.05, 0.1) is 29.4 Å². The monoisotopic (exact) mass is 676 g/mol. The van der Waals surface area contributed by atoms with Crippen molar-refractivity contribution in [2.75, 3.05) is 6.54 Å². The van der Waals surface area contributed by atoms with Crippen LogP contribution in [0.4, 0.5) is 4.79 Å². The molecule has 1 aliphatic carbocycles. The second kappa shape index (κ2) is 17.6. The van der Waals surface area contributed by atoms with Crippen molar-refractivity contribution < 1.29 is 32.6 Å². The highest BCUT2D eigenvalue weighted by Crippen LogP contribution is 2.28. The molecule has 47 heavy (non-hydrogen) atoms. The Bertz CT molecular complexity index is 1370. The molecule has 0 bridgehead atoms. The standard InChI is InChI=1S/C33H52N6O7S/c1-22(2)47(44,45)36-20-29(40)26(16-23-12-8-6-9-13-23)37-31(42)28(18-25-19-34-21-35-25)38-30(41)27(17-24-14-10-7-11-15-24)39-32(43)46-33(3,4)5/h7,10-11,14-15,19,21-23,26-29,36,40H,6,8-9,12-13,16-18,20H2,1-5H3,(H,34,35)(H,37,42)(H,38,41)(H,39,43)/t26-,27-,28-,29-/m0/s1. The summed E-state index contributed by atoms with van der Waals surface area (Å²) in [4.78, 5) is 47.5. The number of nitrogens with one attached hydrogen (secondary N) is 5. The summed E-state index contributed by atoms with van der Waals surface area (Å²) in [6, 6.07) is 6.17. The Morgan fingerprint density at radius 3 is 2.21 bits per heavy atom. The first-order chi connectivity index (χ1) is 22.1. The van der Waals surface area contributed by atoms with Crippen molar-refractivity contribution >= 4 is 27.9 Å². The predicted octanol–water partition coefficient (Wildman–Crippen LogP) is 2.72. The van der Waals surface area contributed by atoms with E-state index in [2.05, 4.69) is 30.6 Å². The van der Waals surface area contributed by atoms with Crippen LogP contribution in [0.5, 0.6) is 0 Å². The highest BCUT2D eigenvalue weighted by molar-refractivity contribution is 7.90. The average Bonchev–Trinajstić information content (AvgIpc) is 3.52. The number of hydrogen-bond donors (Lipinski definition) is 6. The lowest BCUT2D eigenvalue weighted by atomic mass is 9.83. The average molecular weight is 677 g/mol. The third-order valence-corrected chi connectivity index (χ3v) is 9.92. The number of H-pyrrole nitrogens is 1. The first kappa shape index (κ1) is 38.0. The number of amides is 3.